The fraction of sp³-hybridized carbons (Fsp3) is 0.333. The number of nitrogens with one attached hydrogen (secondary N) is 2. The van der Waals surface area contributed by atoms with Gasteiger partial charge in [-0.05, 0) is 31.0 Å². The molecule has 0 atom stereocenters. The maximum atomic E-state index is 12.4. The van der Waals surface area contributed by atoms with E-state index in [2.05, 4.69) is 25.3 Å². The second-order valence-electron chi connectivity index (χ2n) is 6.08. The van der Waals surface area contributed by atoms with Crippen LogP contribution in [0.5, 0.6) is 0 Å². The smallest absolute Gasteiger partial charge is 0.258 e. The molecule has 0 radical (unpaired) electrons. The van der Waals surface area contributed by atoms with Crippen molar-refractivity contribution in [3.8, 4) is 0 Å². The van der Waals surface area contributed by atoms with Crippen molar-refractivity contribution >= 4 is 34.2 Å². The fourth-order valence-electron chi connectivity index (χ4n) is 2.88. The van der Waals surface area contributed by atoms with Crippen molar-refractivity contribution < 1.29 is 4.74 Å². The van der Waals surface area contributed by atoms with Gasteiger partial charge in [-0.1, -0.05) is 0 Å². The molecule has 3 heterocycles. The highest BCUT2D eigenvalue weighted by Crippen LogP contribution is 2.25. The number of benzene rings is 1. The first-order valence-corrected chi connectivity index (χ1v) is 9.58. The van der Waals surface area contributed by atoms with E-state index in [-0.39, 0.29) is 5.56 Å². The lowest BCUT2D eigenvalue weighted by Crippen LogP contribution is -2.18. The number of rotatable bonds is 5. The van der Waals surface area contributed by atoms with Crippen LogP contribution in [0.25, 0.3) is 10.9 Å². The third kappa shape index (κ3) is 4.03. The molecule has 4 rings (SSSR count). The Bertz CT molecular complexity index is 941. The molecule has 26 heavy (non-hydrogen) atoms. The molecule has 3 aromatic rings. The molecule has 0 bridgehead atoms. The number of fused-ring (bicyclic) bond motifs is 1. The largest absolute Gasteiger partial charge is 0.381 e. The number of hydrogen-bond donors (Lipinski definition) is 2. The Balaban J connectivity index is 1.54. The molecule has 1 saturated heterocycles. The van der Waals surface area contributed by atoms with E-state index in [1.165, 1.54) is 0 Å². The van der Waals surface area contributed by atoms with Crippen LogP contribution >= 0.6 is 11.8 Å². The Morgan fingerprint density at radius 3 is 2.96 bits per heavy atom. The minimum absolute atomic E-state index is 0.108. The Morgan fingerprint density at radius 1 is 1.27 bits per heavy atom. The van der Waals surface area contributed by atoms with Gasteiger partial charge in [-0.2, -0.15) is 11.8 Å². The van der Waals surface area contributed by atoms with Crippen molar-refractivity contribution in [2.45, 2.75) is 23.8 Å². The van der Waals surface area contributed by atoms with Gasteiger partial charge in [0.1, 0.15) is 11.6 Å². The molecular formula is C18H19N5O2S. The number of anilines is 2. The maximum Gasteiger partial charge on any atom is 0.258 e. The van der Waals surface area contributed by atoms with Crippen molar-refractivity contribution in [2.24, 2.45) is 0 Å². The lowest BCUT2D eigenvalue weighted by atomic mass is 10.2. The summed E-state index contributed by atoms with van der Waals surface area (Å²) in [5.74, 6) is 2.04. The van der Waals surface area contributed by atoms with E-state index in [0.29, 0.717) is 33.5 Å². The molecule has 2 aromatic heterocycles. The van der Waals surface area contributed by atoms with Crippen LogP contribution in [0.15, 0.2) is 41.6 Å². The van der Waals surface area contributed by atoms with Gasteiger partial charge in [-0.25, -0.2) is 9.97 Å². The van der Waals surface area contributed by atoms with Gasteiger partial charge in [0.2, 0.25) is 0 Å². The molecule has 0 aliphatic carbocycles. The molecular weight excluding hydrogens is 350 g/mol. The fourth-order valence-corrected chi connectivity index (χ4v) is 3.94. The third-order valence-corrected chi connectivity index (χ3v) is 5.60. The Morgan fingerprint density at radius 2 is 2.15 bits per heavy atom. The monoisotopic (exact) mass is 369 g/mol. The summed E-state index contributed by atoms with van der Waals surface area (Å²) in [5, 5.41) is 4.32. The van der Waals surface area contributed by atoms with Gasteiger partial charge in [0.25, 0.3) is 5.56 Å². The second kappa shape index (κ2) is 7.84. The summed E-state index contributed by atoms with van der Waals surface area (Å²) in [6.07, 6.45) is 6.99. The summed E-state index contributed by atoms with van der Waals surface area (Å²) in [4.78, 5) is 28.1. The van der Waals surface area contributed by atoms with Crippen LogP contribution in [-0.2, 0) is 10.5 Å². The van der Waals surface area contributed by atoms with Crippen molar-refractivity contribution in [1.29, 1.82) is 0 Å². The van der Waals surface area contributed by atoms with Gasteiger partial charge in [0.05, 0.1) is 22.9 Å². The first kappa shape index (κ1) is 17.0. The Hall–Kier alpha value is -2.45. The highest BCUT2D eigenvalue weighted by molar-refractivity contribution is 7.99. The molecule has 0 amide bonds. The number of nitrogens with zero attached hydrogens (tertiary/aromatic N) is 3. The molecule has 1 aliphatic heterocycles. The molecule has 0 saturated carbocycles. The van der Waals surface area contributed by atoms with Crippen molar-refractivity contribution in [3.63, 3.8) is 0 Å². The molecule has 1 fully saturated rings. The zero-order valence-electron chi connectivity index (χ0n) is 14.1. The Labute approximate surface area is 154 Å². The van der Waals surface area contributed by atoms with E-state index in [9.17, 15) is 4.79 Å². The van der Waals surface area contributed by atoms with Crippen LogP contribution in [0.3, 0.4) is 0 Å². The van der Waals surface area contributed by atoms with Crippen LogP contribution < -0.4 is 10.9 Å². The highest BCUT2D eigenvalue weighted by atomic mass is 32.2. The summed E-state index contributed by atoms with van der Waals surface area (Å²) in [5.41, 5.74) is 1.38. The molecule has 134 valence electrons. The molecule has 0 spiro atoms. The molecule has 0 unspecified atom stereocenters. The van der Waals surface area contributed by atoms with E-state index < -0.39 is 0 Å². The number of H-pyrrole nitrogens is 1. The molecule has 1 aliphatic rings. The van der Waals surface area contributed by atoms with Gasteiger partial charge < -0.3 is 15.0 Å². The predicted octanol–water partition coefficient (Wildman–Crippen LogP) is 2.87. The van der Waals surface area contributed by atoms with Crippen molar-refractivity contribution in [1.82, 2.24) is 19.9 Å². The van der Waals surface area contributed by atoms with Crippen molar-refractivity contribution in [3.05, 3.63) is 53.0 Å². The summed E-state index contributed by atoms with van der Waals surface area (Å²) in [7, 11) is 0. The number of aromatic nitrogens is 4. The van der Waals surface area contributed by atoms with Gasteiger partial charge in [0, 0.05) is 36.5 Å². The molecule has 1 aromatic carbocycles. The first-order chi connectivity index (χ1) is 12.8. The number of thioether (sulfide) groups is 1. The number of ether oxygens (including phenoxy) is 1. The standard InChI is InChI=1S/C18H19N5O2S/c24-18-14-2-1-12(21-16-10-19-5-6-20-16)9-15(14)22-17(23-18)11-26-13-3-7-25-8-4-13/h1-2,5-6,9-10,13H,3-4,7-8,11H2,(H,20,21)(H,22,23,24). The SMILES string of the molecule is O=c1[nH]c(CSC2CCOCC2)nc2cc(Nc3cnccn3)ccc12. The van der Waals surface area contributed by atoms with Gasteiger partial charge in [-0.3, -0.25) is 9.78 Å². The van der Waals surface area contributed by atoms with Crippen LogP contribution in [0.4, 0.5) is 11.5 Å². The quantitative estimate of drug-likeness (QED) is 0.714. The number of aromatic amines is 1. The van der Waals surface area contributed by atoms with Gasteiger partial charge in [0.15, 0.2) is 0 Å². The van der Waals surface area contributed by atoms with Gasteiger partial charge in [-0.15, -0.1) is 0 Å². The summed E-state index contributed by atoms with van der Waals surface area (Å²) in [6, 6.07) is 5.47. The van der Waals surface area contributed by atoms with Gasteiger partial charge >= 0.3 is 0 Å². The molecule has 7 nitrogen and oxygen atoms in total. The average molecular weight is 369 g/mol. The lowest BCUT2D eigenvalue weighted by molar-refractivity contribution is 0.1000. The van der Waals surface area contributed by atoms with Crippen LogP contribution in [-0.4, -0.2) is 38.4 Å². The first-order valence-electron chi connectivity index (χ1n) is 8.53. The van der Waals surface area contributed by atoms with Crippen LogP contribution in [0.1, 0.15) is 18.7 Å². The minimum atomic E-state index is -0.108. The molecule has 2 N–H and O–H groups in total. The van der Waals surface area contributed by atoms with E-state index in [0.717, 1.165) is 31.7 Å². The van der Waals surface area contributed by atoms with E-state index in [1.807, 2.05) is 23.9 Å². The summed E-state index contributed by atoms with van der Waals surface area (Å²) in [6.45, 7) is 1.63. The van der Waals surface area contributed by atoms with E-state index in [1.54, 1.807) is 24.7 Å². The Kier molecular flexibility index (Phi) is 5.12. The summed E-state index contributed by atoms with van der Waals surface area (Å²) >= 11 is 1.83. The van der Waals surface area contributed by atoms with Crippen molar-refractivity contribution in [2.75, 3.05) is 18.5 Å². The van der Waals surface area contributed by atoms with Crippen LogP contribution in [0.2, 0.25) is 0 Å². The zero-order valence-corrected chi connectivity index (χ0v) is 15.0. The second-order valence-corrected chi connectivity index (χ2v) is 7.37. The third-order valence-electron chi connectivity index (χ3n) is 4.22. The topological polar surface area (TPSA) is 92.8 Å². The van der Waals surface area contributed by atoms with Crippen LogP contribution in [0, 0.1) is 0 Å². The maximum absolute atomic E-state index is 12.4. The normalized spacial score (nSPS) is 15.2. The average Bonchev–Trinajstić information content (AvgIpc) is 2.68. The molecule has 8 heteroatoms. The summed E-state index contributed by atoms with van der Waals surface area (Å²) < 4.78 is 5.39. The minimum Gasteiger partial charge on any atom is -0.381 e. The van der Waals surface area contributed by atoms with E-state index in [4.69, 9.17) is 4.74 Å². The predicted molar refractivity (Wildman–Crippen MR) is 103 cm³/mol. The highest BCUT2D eigenvalue weighted by Gasteiger charge is 2.15. The van der Waals surface area contributed by atoms with E-state index >= 15 is 0 Å². The zero-order chi connectivity index (χ0) is 17.8. The number of hydrogen-bond acceptors (Lipinski definition) is 7. The lowest BCUT2D eigenvalue weighted by Gasteiger charge is -2.21.